The zero-order chi connectivity index (χ0) is 29.6. The van der Waals surface area contributed by atoms with Crippen molar-refractivity contribution in [1.82, 2.24) is 4.90 Å². The van der Waals surface area contributed by atoms with E-state index in [-0.39, 0.29) is 18.4 Å². The van der Waals surface area contributed by atoms with Crippen molar-refractivity contribution in [3.63, 3.8) is 0 Å². The van der Waals surface area contributed by atoms with Crippen LogP contribution >= 0.6 is 23.2 Å². The molecule has 218 valence electrons. The second-order valence-electron chi connectivity index (χ2n) is 11.2. The van der Waals surface area contributed by atoms with E-state index in [1.807, 2.05) is 60.7 Å². The maximum atomic E-state index is 13.0. The Hall–Kier alpha value is -3.46. The molecule has 10 heteroatoms. The molecule has 1 fully saturated rings. The van der Waals surface area contributed by atoms with Crippen LogP contribution in [0, 0.1) is 0 Å². The number of piperazine rings is 1. The highest BCUT2D eigenvalue weighted by Crippen LogP contribution is 2.32. The van der Waals surface area contributed by atoms with E-state index in [9.17, 15) is 9.59 Å². The number of benzene rings is 3. The average molecular weight is 600 g/mol. The van der Waals surface area contributed by atoms with E-state index in [2.05, 4.69) is 36.7 Å². The molecule has 8 nitrogen and oxygen atoms in total. The molecule has 4 rings (SSSR count). The average Bonchev–Trinajstić information content (AvgIpc) is 2.94. The summed E-state index contributed by atoms with van der Waals surface area (Å²) in [6, 6.07) is 18.8. The Balaban J connectivity index is 1.26. The Bertz CT molecular complexity index is 1330. The van der Waals surface area contributed by atoms with Crippen LogP contribution in [0.3, 0.4) is 0 Å². The number of ether oxygens (including phenoxy) is 1. The Morgan fingerprint density at radius 3 is 2.02 bits per heavy atom. The molecular formula is C31H38Cl2N5O3+. The molecule has 0 bridgehead atoms. The van der Waals surface area contributed by atoms with Crippen molar-refractivity contribution >= 4 is 52.2 Å². The van der Waals surface area contributed by atoms with Gasteiger partial charge in [-0.05, 0) is 59.7 Å². The predicted octanol–water partition coefficient (Wildman–Crippen LogP) is 5.79. The fourth-order valence-corrected chi connectivity index (χ4v) is 5.22. The Kier molecular flexibility index (Phi) is 10.0. The van der Waals surface area contributed by atoms with Gasteiger partial charge in [0.15, 0.2) is 0 Å². The van der Waals surface area contributed by atoms with Crippen LogP contribution in [0.1, 0.15) is 11.1 Å². The van der Waals surface area contributed by atoms with Crippen molar-refractivity contribution in [3.8, 4) is 5.75 Å². The quantitative estimate of drug-likeness (QED) is 0.306. The van der Waals surface area contributed by atoms with Crippen LogP contribution < -0.4 is 20.3 Å². The highest BCUT2D eigenvalue weighted by Gasteiger charge is 2.23. The molecule has 1 aliphatic rings. The molecule has 1 saturated heterocycles. The lowest BCUT2D eigenvalue weighted by molar-refractivity contribution is -0.870. The van der Waals surface area contributed by atoms with Gasteiger partial charge in [0.25, 0.3) is 0 Å². The van der Waals surface area contributed by atoms with Gasteiger partial charge in [0, 0.05) is 44.0 Å². The molecule has 0 aliphatic carbocycles. The van der Waals surface area contributed by atoms with E-state index in [1.54, 1.807) is 12.0 Å². The van der Waals surface area contributed by atoms with Crippen LogP contribution in [0.4, 0.5) is 21.9 Å². The molecule has 3 amide bonds. The summed E-state index contributed by atoms with van der Waals surface area (Å²) in [5.74, 6) is 0.679. The summed E-state index contributed by atoms with van der Waals surface area (Å²) in [6.07, 6.45) is 1.13. The van der Waals surface area contributed by atoms with Crippen molar-refractivity contribution in [3.05, 3.63) is 81.8 Å². The number of hydrogen-bond acceptors (Lipinski definition) is 4. The molecule has 0 saturated carbocycles. The third kappa shape index (κ3) is 8.76. The van der Waals surface area contributed by atoms with Crippen LogP contribution in [-0.2, 0) is 17.6 Å². The maximum Gasteiger partial charge on any atom is 0.322 e. The monoisotopic (exact) mass is 598 g/mol. The highest BCUT2D eigenvalue weighted by atomic mass is 35.5. The molecule has 3 aromatic rings. The standard InChI is InChI=1S/C31H37Cl2N5O3/c1-38(2,3)18-13-23-19-27(32)30(28(33)20-23)35-31(40)37-16-14-36(15-17-37)25-9-7-24(8-10-25)34-29(39)21-22-5-11-26(41-4)12-6-22/h5-12,19-20H,13-18,21H2,1-4H3,(H-,34,35,39,40)/p+1. The van der Waals surface area contributed by atoms with E-state index >= 15 is 0 Å². The molecule has 0 unspecified atom stereocenters. The van der Waals surface area contributed by atoms with Crippen molar-refractivity contribution in [2.24, 2.45) is 0 Å². The number of nitrogens with one attached hydrogen (secondary N) is 2. The van der Waals surface area contributed by atoms with Crippen molar-refractivity contribution in [2.75, 3.05) is 76.5 Å². The number of quaternary nitrogens is 1. The first-order valence-electron chi connectivity index (χ1n) is 13.6. The maximum absolute atomic E-state index is 13.0. The van der Waals surface area contributed by atoms with Gasteiger partial charge in [-0.15, -0.1) is 0 Å². The topological polar surface area (TPSA) is 73.9 Å². The molecule has 0 spiro atoms. The van der Waals surface area contributed by atoms with Gasteiger partial charge in [0.05, 0.1) is 57.0 Å². The molecule has 0 aromatic heterocycles. The third-order valence-electron chi connectivity index (χ3n) is 7.01. The lowest BCUT2D eigenvalue weighted by Gasteiger charge is -2.36. The number of likely N-dealkylation sites (N-methyl/N-ethyl adjacent to an activating group) is 1. The highest BCUT2D eigenvalue weighted by molar-refractivity contribution is 6.39. The van der Waals surface area contributed by atoms with Crippen LogP contribution in [-0.4, -0.2) is 82.3 Å². The molecule has 41 heavy (non-hydrogen) atoms. The summed E-state index contributed by atoms with van der Waals surface area (Å²) in [7, 11) is 8.03. The molecule has 0 radical (unpaired) electrons. The number of hydrogen-bond donors (Lipinski definition) is 2. The van der Waals surface area contributed by atoms with Gasteiger partial charge in [-0.3, -0.25) is 4.79 Å². The van der Waals surface area contributed by atoms with Gasteiger partial charge < -0.3 is 29.7 Å². The summed E-state index contributed by atoms with van der Waals surface area (Å²) in [5, 5.41) is 6.74. The first-order valence-corrected chi connectivity index (χ1v) is 14.4. The number of halogens is 2. The first-order chi connectivity index (χ1) is 19.5. The first kappa shape index (κ1) is 30.5. The summed E-state index contributed by atoms with van der Waals surface area (Å²) in [5.41, 5.74) is 4.18. The normalized spacial score (nSPS) is 13.6. The van der Waals surface area contributed by atoms with Crippen molar-refractivity contribution in [2.45, 2.75) is 12.8 Å². The predicted molar refractivity (Wildman–Crippen MR) is 168 cm³/mol. The Morgan fingerprint density at radius 1 is 0.854 bits per heavy atom. The number of rotatable bonds is 9. The third-order valence-corrected chi connectivity index (χ3v) is 7.61. The SMILES string of the molecule is COc1ccc(CC(=O)Nc2ccc(N3CCN(C(=O)Nc4c(Cl)cc(CC[N+](C)(C)C)cc4Cl)CC3)cc2)cc1. The minimum Gasteiger partial charge on any atom is -0.497 e. The zero-order valence-corrected chi connectivity index (χ0v) is 25.6. The summed E-state index contributed by atoms with van der Waals surface area (Å²) in [6.45, 7) is 3.43. The van der Waals surface area contributed by atoms with Gasteiger partial charge in [0.2, 0.25) is 5.91 Å². The fraction of sp³-hybridized carbons (Fsp3) is 0.355. The molecule has 1 aliphatic heterocycles. The largest absolute Gasteiger partial charge is 0.497 e. The lowest BCUT2D eigenvalue weighted by Crippen LogP contribution is -2.50. The molecule has 1 heterocycles. The fourth-order valence-electron chi connectivity index (χ4n) is 4.60. The van der Waals surface area contributed by atoms with Crippen LogP contribution in [0.5, 0.6) is 5.75 Å². The molecule has 2 N–H and O–H groups in total. The van der Waals surface area contributed by atoms with Crippen molar-refractivity contribution in [1.29, 1.82) is 0 Å². The van der Waals surface area contributed by atoms with E-state index in [4.69, 9.17) is 27.9 Å². The Morgan fingerprint density at radius 2 is 1.46 bits per heavy atom. The van der Waals surface area contributed by atoms with Crippen LogP contribution in [0.15, 0.2) is 60.7 Å². The smallest absolute Gasteiger partial charge is 0.322 e. The summed E-state index contributed by atoms with van der Waals surface area (Å²) < 4.78 is 6.00. The summed E-state index contributed by atoms with van der Waals surface area (Å²) in [4.78, 5) is 29.4. The molecular weight excluding hydrogens is 561 g/mol. The van der Waals surface area contributed by atoms with Gasteiger partial charge in [-0.2, -0.15) is 0 Å². The van der Waals surface area contributed by atoms with Gasteiger partial charge >= 0.3 is 6.03 Å². The van der Waals surface area contributed by atoms with Gasteiger partial charge in [0.1, 0.15) is 5.75 Å². The summed E-state index contributed by atoms with van der Waals surface area (Å²) >= 11 is 13.0. The van der Waals surface area contributed by atoms with E-state index < -0.39 is 0 Å². The number of carbonyl (C=O) groups is 2. The van der Waals surface area contributed by atoms with E-state index in [0.717, 1.165) is 45.7 Å². The second-order valence-corrected chi connectivity index (χ2v) is 12.0. The second kappa shape index (κ2) is 13.5. The number of nitrogens with zero attached hydrogens (tertiary/aromatic N) is 3. The minimum absolute atomic E-state index is 0.0819. The lowest BCUT2D eigenvalue weighted by atomic mass is 10.1. The number of urea groups is 1. The minimum atomic E-state index is -0.220. The van der Waals surface area contributed by atoms with Gasteiger partial charge in [-0.25, -0.2) is 4.79 Å². The molecule has 0 atom stereocenters. The zero-order valence-electron chi connectivity index (χ0n) is 24.0. The number of amides is 3. The van der Waals surface area contributed by atoms with Crippen LogP contribution in [0.25, 0.3) is 0 Å². The van der Waals surface area contributed by atoms with Crippen molar-refractivity contribution < 1.29 is 18.8 Å². The van der Waals surface area contributed by atoms with E-state index in [1.165, 1.54) is 0 Å². The van der Waals surface area contributed by atoms with Gasteiger partial charge in [-0.1, -0.05) is 35.3 Å². The number of anilines is 3. The number of carbonyl (C=O) groups excluding carboxylic acids is 2. The number of methoxy groups -OCH3 is 1. The van der Waals surface area contributed by atoms with Crippen LogP contribution in [0.2, 0.25) is 10.0 Å². The van der Waals surface area contributed by atoms with E-state index in [0.29, 0.717) is 41.9 Å². The molecule has 3 aromatic carbocycles. The Labute approximate surface area is 252 Å².